The zero-order valence-corrected chi connectivity index (χ0v) is 17.8. The van der Waals surface area contributed by atoms with E-state index in [9.17, 15) is 9.59 Å². The van der Waals surface area contributed by atoms with Crippen molar-refractivity contribution in [2.75, 3.05) is 6.54 Å². The van der Waals surface area contributed by atoms with Gasteiger partial charge in [-0.1, -0.05) is 42.5 Å². The first kappa shape index (κ1) is 20.0. The molecule has 32 heavy (non-hydrogen) atoms. The number of aromatic nitrogens is 2. The standard InChI is InChI=1S/C26H24N4O2/c1-17-24(21-11-4-5-12-22(21)29-17)25-19-9-2-3-10-20(19)26(32)30(25)15-13-23(31)28-16-18-8-6-7-14-27-18/h2-12,14,25,29H,13,15-16H2,1H3,(H,28,31)/t25-/m0/s1. The number of para-hydroxylation sites is 1. The van der Waals surface area contributed by atoms with Crippen LogP contribution in [0.25, 0.3) is 10.9 Å². The largest absolute Gasteiger partial charge is 0.358 e. The van der Waals surface area contributed by atoms with Gasteiger partial charge >= 0.3 is 0 Å². The summed E-state index contributed by atoms with van der Waals surface area (Å²) in [6, 6.07) is 21.3. The number of pyridine rings is 1. The molecule has 4 aromatic rings. The van der Waals surface area contributed by atoms with Gasteiger partial charge in [0.15, 0.2) is 0 Å². The average Bonchev–Trinajstić information content (AvgIpc) is 3.29. The maximum Gasteiger partial charge on any atom is 0.255 e. The van der Waals surface area contributed by atoms with Gasteiger partial charge in [0.25, 0.3) is 5.91 Å². The maximum absolute atomic E-state index is 13.3. The molecule has 0 saturated heterocycles. The number of amides is 2. The highest BCUT2D eigenvalue weighted by molar-refractivity contribution is 6.01. The number of carbonyl (C=O) groups excluding carboxylic acids is 2. The molecule has 0 aliphatic carbocycles. The summed E-state index contributed by atoms with van der Waals surface area (Å²) in [4.78, 5) is 35.4. The van der Waals surface area contributed by atoms with E-state index in [1.165, 1.54) is 0 Å². The Hall–Kier alpha value is -3.93. The molecule has 0 unspecified atom stereocenters. The highest BCUT2D eigenvalue weighted by Gasteiger charge is 2.39. The molecule has 2 aromatic heterocycles. The van der Waals surface area contributed by atoms with Gasteiger partial charge in [0.1, 0.15) is 0 Å². The first-order chi connectivity index (χ1) is 15.6. The van der Waals surface area contributed by atoms with Gasteiger partial charge in [-0.15, -0.1) is 0 Å². The van der Waals surface area contributed by atoms with Gasteiger partial charge in [0.05, 0.1) is 18.3 Å². The van der Waals surface area contributed by atoms with Crippen LogP contribution in [0.1, 0.15) is 45.3 Å². The van der Waals surface area contributed by atoms with Crippen molar-refractivity contribution in [1.29, 1.82) is 0 Å². The molecule has 6 heteroatoms. The second-order valence-electron chi connectivity index (χ2n) is 8.05. The number of rotatable bonds is 6. The number of nitrogens with zero attached hydrogens (tertiary/aromatic N) is 2. The Bertz CT molecular complexity index is 1300. The van der Waals surface area contributed by atoms with E-state index in [-0.39, 0.29) is 24.3 Å². The molecule has 160 valence electrons. The fourth-order valence-electron chi connectivity index (χ4n) is 4.56. The molecule has 6 nitrogen and oxygen atoms in total. The summed E-state index contributed by atoms with van der Waals surface area (Å²) in [5, 5.41) is 4.00. The molecule has 0 saturated carbocycles. The van der Waals surface area contributed by atoms with Crippen molar-refractivity contribution in [3.8, 4) is 0 Å². The second-order valence-corrected chi connectivity index (χ2v) is 8.05. The number of nitrogens with one attached hydrogen (secondary N) is 2. The topological polar surface area (TPSA) is 78.1 Å². The third-order valence-electron chi connectivity index (χ3n) is 6.05. The Kier molecular flexibility index (Phi) is 5.19. The van der Waals surface area contributed by atoms with Crippen molar-refractivity contribution >= 4 is 22.7 Å². The SMILES string of the molecule is Cc1[nH]c2ccccc2c1[C@@H]1c2ccccc2C(=O)N1CCC(=O)NCc1ccccn1. The number of fused-ring (bicyclic) bond motifs is 2. The maximum atomic E-state index is 13.3. The molecule has 1 aliphatic rings. The molecule has 0 spiro atoms. The van der Waals surface area contributed by atoms with Gasteiger partial charge in [0.2, 0.25) is 5.91 Å². The lowest BCUT2D eigenvalue weighted by Gasteiger charge is -2.26. The van der Waals surface area contributed by atoms with E-state index in [4.69, 9.17) is 0 Å². The van der Waals surface area contributed by atoms with Gasteiger partial charge in [0, 0.05) is 46.9 Å². The van der Waals surface area contributed by atoms with Gasteiger partial charge in [-0.2, -0.15) is 0 Å². The van der Waals surface area contributed by atoms with Crippen LogP contribution in [0.5, 0.6) is 0 Å². The number of hydrogen-bond donors (Lipinski definition) is 2. The molecule has 0 radical (unpaired) electrons. The van der Waals surface area contributed by atoms with Crippen molar-refractivity contribution < 1.29 is 9.59 Å². The van der Waals surface area contributed by atoms with Crippen LogP contribution in [0, 0.1) is 6.92 Å². The number of H-pyrrole nitrogens is 1. The molecule has 2 amide bonds. The van der Waals surface area contributed by atoms with E-state index >= 15 is 0 Å². The first-order valence-corrected chi connectivity index (χ1v) is 10.8. The van der Waals surface area contributed by atoms with E-state index in [0.717, 1.165) is 33.4 Å². The molecule has 5 rings (SSSR count). The second kappa shape index (κ2) is 8.30. The molecule has 2 N–H and O–H groups in total. The lowest BCUT2D eigenvalue weighted by Crippen LogP contribution is -2.34. The molecule has 1 atom stereocenters. The number of aryl methyl sites for hydroxylation is 1. The highest BCUT2D eigenvalue weighted by atomic mass is 16.2. The van der Waals surface area contributed by atoms with Crippen molar-refractivity contribution in [1.82, 2.24) is 20.2 Å². The summed E-state index contributed by atoms with van der Waals surface area (Å²) >= 11 is 0. The molecule has 0 bridgehead atoms. The van der Waals surface area contributed by atoms with Crippen molar-refractivity contribution in [3.05, 3.63) is 101 Å². The summed E-state index contributed by atoms with van der Waals surface area (Å²) in [6.07, 6.45) is 1.93. The van der Waals surface area contributed by atoms with Crippen molar-refractivity contribution in [2.45, 2.75) is 25.9 Å². The van der Waals surface area contributed by atoms with Crippen molar-refractivity contribution in [2.24, 2.45) is 0 Å². The molecular formula is C26H24N4O2. The normalized spacial score (nSPS) is 15.2. The predicted octanol–water partition coefficient (Wildman–Crippen LogP) is 4.12. The smallest absolute Gasteiger partial charge is 0.255 e. The van der Waals surface area contributed by atoms with Crippen LogP contribution in [0.3, 0.4) is 0 Å². The zero-order chi connectivity index (χ0) is 22.1. The third kappa shape index (κ3) is 3.54. The monoisotopic (exact) mass is 424 g/mol. The van der Waals surface area contributed by atoms with Crippen LogP contribution in [-0.2, 0) is 11.3 Å². The predicted molar refractivity (Wildman–Crippen MR) is 123 cm³/mol. The third-order valence-corrected chi connectivity index (χ3v) is 6.05. The van der Waals surface area contributed by atoms with Crippen LogP contribution in [-0.4, -0.2) is 33.2 Å². The summed E-state index contributed by atoms with van der Waals surface area (Å²) in [5.74, 6) is -0.137. The minimum absolute atomic E-state index is 0.0344. The Morgan fingerprint density at radius 3 is 2.69 bits per heavy atom. The molecule has 0 fully saturated rings. The molecule has 3 heterocycles. The van der Waals surface area contributed by atoms with Crippen LogP contribution in [0.2, 0.25) is 0 Å². The highest BCUT2D eigenvalue weighted by Crippen LogP contribution is 2.42. The van der Waals surface area contributed by atoms with E-state index < -0.39 is 0 Å². The summed E-state index contributed by atoms with van der Waals surface area (Å²) in [6.45, 7) is 2.75. The minimum atomic E-state index is -0.224. The summed E-state index contributed by atoms with van der Waals surface area (Å²) < 4.78 is 0. The van der Waals surface area contributed by atoms with Gasteiger partial charge in [-0.3, -0.25) is 14.6 Å². The van der Waals surface area contributed by atoms with Gasteiger partial charge in [-0.05, 0) is 36.8 Å². The van der Waals surface area contributed by atoms with Crippen LogP contribution in [0.4, 0.5) is 0 Å². The van der Waals surface area contributed by atoms with E-state index in [1.807, 2.05) is 72.5 Å². The minimum Gasteiger partial charge on any atom is -0.358 e. The number of carbonyl (C=O) groups is 2. The van der Waals surface area contributed by atoms with Crippen molar-refractivity contribution in [3.63, 3.8) is 0 Å². The molecular weight excluding hydrogens is 400 g/mol. The number of benzene rings is 2. The average molecular weight is 425 g/mol. The van der Waals surface area contributed by atoms with E-state index in [2.05, 4.69) is 21.4 Å². The molecule has 1 aliphatic heterocycles. The number of aromatic amines is 1. The Balaban J connectivity index is 1.41. The fourth-order valence-corrected chi connectivity index (χ4v) is 4.56. The Morgan fingerprint density at radius 2 is 1.84 bits per heavy atom. The van der Waals surface area contributed by atoms with Crippen LogP contribution in [0.15, 0.2) is 72.9 Å². The number of hydrogen-bond acceptors (Lipinski definition) is 3. The lowest BCUT2D eigenvalue weighted by atomic mass is 9.95. The van der Waals surface area contributed by atoms with Gasteiger partial charge < -0.3 is 15.2 Å². The Morgan fingerprint density at radius 1 is 1.06 bits per heavy atom. The van der Waals surface area contributed by atoms with Crippen LogP contribution >= 0.6 is 0 Å². The van der Waals surface area contributed by atoms with Crippen LogP contribution < -0.4 is 5.32 Å². The lowest BCUT2D eigenvalue weighted by molar-refractivity contribution is -0.121. The fraction of sp³-hybridized carbons (Fsp3) is 0.192. The summed E-state index contributed by atoms with van der Waals surface area (Å²) in [7, 11) is 0. The quantitative estimate of drug-likeness (QED) is 0.489. The van der Waals surface area contributed by atoms with E-state index in [0.29, 0.717) is 18.7 Å². The van der Waals surface area contributed by atoms with E-state index in [1.54, 1.807) is 6.20 Å². The Labute approximate surface area is 186 Å². The zero-order valence-electron chi connectivity index (χ0n) is 17.8. The first-order valence-electron chi connectivity index (χ1n) is 10.8. The van der Waals surface area contributed by atoms with Gasteiger partial charge in [-0.25, -0.2) is 0 Å². The molecule has 2 aromatic carbocycles. The summed E-state index contributed by atoms with van der Waals surface area (Å²) in [5.41, 5.74) is 5.66.